The van der Waals surface area contributed by atoms with E-state index in [1.807, 2.05) is 0 Å². The standard InChI is InChI=1S/C11H24N2S/c1-4-12-9-11(10(2)3)13-5-7-14-8-6-13/h10-12H,4-9H2,1-3H3. The second-order valence-corrected chi connectivity index (χ2v) is 5.49. The number of hydrogen-bond acceptors (Lipinski definition) is 3. The van der Waals surface area contributed by atoms with Gasteiger partial charge < -0.3 is 5.32 Å². The van der Waals surface area contributed by atoms with Crippen molar-refractivity contribution in [2.24, 2.45) is 5.92 Å². The second-order valence-electron chi connectivity index (χ2n) is 4.27. The van der Waals surface area contributed by atoms with Gasteiger partial charge in [0.05, 0.1) is 0 Å². The van der Waals surface area contributed by atoms with Crippen LogP contribution >= 0.6 is 11.8 Å². The molecule has 0 saturated carbocycles. The number of nitrogens with one attached hydrogen (secondary N) is 1. The fraction of sp³-hybridized carbons (Fsp3) is 1.00. The van der Waals surface area contributed by atoms with E-state index in [-0.39, 0.29) is 0 Å². The molecule has 84 valence electrons. The lowest BCUT2D eigenvalue weighted by Crippen LogP contribution is -2.48. The van der Waals surface area contributed by atoms with Crippen molar-refractivity contribution in [1.29, 1.82) is 0 Å². The van der Waals surface area contributed by atoms with E-state index in [4.69, 9.17) is 0 Å². The molecule has 0 aromatic rings. The molecule has 0 aliphatic carbocycles. The van der Waals surface area contributed by atoms with Crippen molar-refractivity contribution in [2.75, 3.05) is 37.7 Å². The average Bonchev–Trinajstić information content (AvgIpc) is 2.19. The lowest BCUT2D eigenvalue weighted by Gasteiger charge is -2.36. The van der Waals surface area contributed by atoms with Gasteiger partial charge in [0.15, 0.2) is 0 Å². The molecule has 1 fully saturated rings. The Balaban J connectivity index is 2.39. The molecule has 1 heterocycles. The SMILES string of the molecule is CCNCC(C(C)C)N1CCSCC1. The van der Waals surface area contributed by atoms with E-state index in [9.17, 15) is 0 Å². The predicted octanol–water partition coefficient (Wildman–Crippen LogP) is 1.67. The van der Waals surface area contributed by atoms with Gasteiger partial charge in [0.2, 0.25) is 0 Å². The summed E-state index contributed by atoms with van der Waals surface area (Å²) < 4.78 is 0. The van der Waals surface area contributed by atoms with Crippen LogP contribution in [0.3, 0.4) is 0 Å². The van der Waals surface area contributed by atoms with Crippen LogP contribution in [0.5, 0.6) is 0 Å². The van der Waals surface area contributed by atoms with Crippen LogP contribution in [-0.4, -0.2) is 48.6 Å². The van der Waals surface area contributed by atoms with Crippen molar-refractivity contribution in [3.05, 3.63) is 0 Å². The molecule has 1 rings (SSSR count). The molecule has 1 aliphatic rings. The smallest absolute Gasteiger partial charge is 0.0244 e. The monoisotopic (exact) mass is 216 g/mol. The predicted molar refractivity (Wildman–Crippen MR) is 66.1 cm³/mol. The number of rotatable bonds is 5. The van der Waals surface area contributed by atoms with Gasteiger partial charge in [0, 0.05) is 37.2 Å². The van der Waals surface area contributed by atoms with Crippen LogP contribution in [0.2, 0.25) is 0 Å². The largest absolute Gasteiger partial charge is 0.315 e. The summed E-state index contributed by atoms with van der Waals surface area (Å²) in [6, 6.07) is 0.732. The summed E-state index contributed by atoms with van der Waals surface area (Å²) in [7, 11) is 0. The molecule has 0 spiro atoms. The first kappa shape index (κ1) is 12.3. The molecule has 2 nitrogen and oxygen atoms in total. The van der Waals surface area contributed by atoms with Gasteiger partial charge >= 0.3 is 0 Å². The highest BCUT2D eigenvalue weighted by Crippen LogP contribution is 2.16. The van der Waals surface area contributed by atoms with E-state index >= 15 is 0 Å². The third kappa shape index (κ3) is 3.79. The molecule has 1 saturated heterocycles. The summed E-state index contributed by atoms with van der Waals surface area (Å²) in [5, 5.41) is 3.48. The van der Waals surface area contributed by atoms with Crippen molar-refractivity contribution in [3.8, 4) is 0 Å². The average molecular weight is 216 g/mol. The van der Waals surface area contributed by atoms with Gasteiger partial charge in [-0.2, -0.15) is 11.8 Å². The topological polar surface area (TPSA) is 15.3 Å². The molecule has 0 amide bonds. The summed E-state index contributed by atoms with van der Waals surface area (Å²) in [6.07, 6.45) is 0. The van der Waals surface area contributed by atoms with E-state index < -0.39 is 0 Å². The molecule has 1 unspecified atom stereocenters. The second kappa shape index (κ2) is 6.70. The van der Waals surface area contributed by atoms with Gasteiger partial charge in [-0.3, -0.25) is 4.90 Å². The van der Waals surface area contributed by atoms with E-state index in [1.54, 1.807) is 0 Å². The first-order chi connectivity index (χ1) is 6.75. The minimum Gasteiger partial charge on any atom is -0.315 e. The Hall–Kier alpha value is 0.270. The highest BCUT2D eigenvalue weighted by Gasteiger charge is 2.22. The Morgan fingerprint density at radius 2 is 1.93 bits per heavy atom. The third-order valence-corrected chi connectivity index (χ3v) is 3.83. The normalized spacial score (nSPS) is 21.4. The molecule has 1 atom stereocenters. The number of hydrogen-bond donors (Lipinski definition) is 1. The van der Waals surface area contributed by atoms with E-state index in [1.165, 1.54) is 24.6 Å². The molecule has 0 radical (unpaired) electrons. The zero-order chi connectivity index (χ0) is 10.4. The molecule has 1 aliphatic heterocycles. The Kier molecular flexibility index (Phi) is 5.90. The lowest BCUT2D eigenvalue weighted by molar-refractivity contribution is 0.167. The van der Waals surface area contributed by atoms with Crippen LogP contribution in [0.4, 0.5) is 0 Å². The molecule has 3 heteroatoms. The molecule has 1 N–H and O–H groups in total. The van der Waals surface area contributed by atoms with Crippen molar-refractivity contribution in [1.82, 2.24) is 10.2 Å². The quantitative estimate of drug-likeness (QED) is 0.752. The summed E-state index contributed by atoms with van der Waals surface area (Å²) in [4.78, 5) is 2.66. The van der Waals surface area contributed by atoms with Crippen molar-refractivity contribution < 1.29 is 0 Å². The Morgan fingerprint density at radius 1 is 1.29 bits per heavy atom. The minimum atomic E-state index is 0.732. The highest BCUT2D eigenvalue weighted by molar-refractivity contribution is 7.99. The fourth-order valence-electron chi connectivity index (χ4n) is 1.99. The van der Waals surface area contributed by atoms with Crippen LogP contribution in [0.25, 0.3) is 0 Å². The van der Waals surface area contributed by atoms with E-state index in [2.05, 4.69) is 42.7 Å². The number of likely N-dealkylation sites (N-methyl/N-ethyl adjacent to an activating group) is 1. The number of nitrogens with zero attached hydrogens (tertiary/aromatic N) is 1. The van der Waals surface area contributed by atoms with E-state index in [0.29, 0.717) is 0 Å². The molecule has 0 bridgehead atoms. The first-order valence-corrected chi connectivity index (χ1v) is 6.93. The Labute approximate surface area is 92.8 Å². The summed E-state index contributed by atoms with van der Waals surface area (Å²) in [5.74, 6) is 3.39. The zero-order valence-corrected chi connectivity index (χ0v) is 10.6. The summed E-state index contributed by atoms with van der Waals surface area (Å²) in [6.45, 7) is 11.7. The van der Waals surface area contributed by atoms with Gasteiger partial charge in [0.25, 0.3) is 0 Å². The van der Waals surface area contributed by atoms with Gasteiger partial charge in [-0.25, -0.2) is 0 Å². The Bertz CT molecular complexity index is 144. The Morgan fingerprint density at radius 3 is 2.43 bits per heavy atom. The maximum absolute atomic E-state index is 3.48. The van der Waals surface area contributed by atoms with Crippen LogP contribution in [-0.2, 0) is 0 Å². The highest BCUT2D eigenvalue weighted by atomic mass is 32.2. The van der Waals surface area contributed by atoms with Gasteiger partial charge in [-0.15, -0.1) is 0 Å². The minimum absolute atomic E-state index is 0.732. The maximum atomic E-state index is 3.48. The maximum Gasteiger partial charge on any atom is 0.0244 e. The van der Waals surface area contributed by atoms with Crippen molar-refractivity contribution >= 4 is 11.8 Å². The van der Waals surface area contributed by atoms with Crippen LogP contribution < -0.4 is 5.32 Å². The summed E-state index contributed by atoms with van der Waals surface area (Å²) >= 11 is 2.09. The van der Waals surface area contributed by atoms with E-state index in [0.717, 1.165) is 25.0 Å². The van der Waals surface area contributed by atoms with Gasteiger partial charge in [0.1, 0.15) is 0 Å². The van der Waals surface area contributed by atoms with Crippen LogP contribution in [0.15, 0.2) is 0 Å². The van der Waals surface area contributed by atoms with Gasteiger partial charge in [-0.05, 0) is 12.5 Å². The van der Waals surface area contributed by atoms with Gasteiger partial charge in [-0.1, -0.05) is 20.8 Å². The fourth-order valence-corrected chi connectivity index (χ4v) is 2.92. The number of thioether (sulfide) groups is 1. The van der Waals surface area contributed by atoms with Crippen LogP contribution in [0.1, 0.15) is 20.8 Å². The van der Waals surface area contributed by atoms with Crippen molar-refractivity contribution in [3.63, 3.8) is 0 Å². The molecular weight excluding hydrogens is 192 g/mol. The third-order valence-electron chi connectivity index (χ3n) is 2.89. The zero-order valence-electron chi connectivity index (χ0n) is 9.75. The summed E-state index contributed by atoms with van der Waals surface area (Å²) in [5.41, 5.74) is 0. The van der Waals surface area contributed by atoms with Crippen molar-refractivity contribution in [2.45, 2.75) is 26.8 Å². The van der Waals surface area contributed by atoms with Crippen LogP contribution in [0, 0.1) is 5.92 Å². The molecule has 14 heavy (non-hydrogen) atoms. The first-order valence-electron chi connectivity index (χ1n) is 5.78. The lowest BCUT2D eigenvalue weighted by atomic mass is 10.0. The molecule has 0 aromatic heterocycles. The molecular formula is C11H24N2S. The molecule has 0 aromatic carbocycles.